The number of hydrogen-bond donors (Lipinski definition) is 0. The summed E-state index contributed by atoms with van der Waals surface area (Å²) < 4.78 is 2.13. The van der Waals surface area contributed by atoms with Gasteiger partial charge in [0.1, 0.15) is 10.5 Å². The molecule has 4 aromatic heterocycles. The van der Waals surface area contributed by atoms with Crippen LogP contribution in [-0.4, -0.2) is 29.5 Å². The molecule has 0 atom stereocenters. The van der Waals surface area contributed by atoms with Crippen LogP contribution in [0.3, 0.4) is 0 Å². The Morgan fingerprint density at radius 3 is 1.57 bits per heavy atom. The third-order valence-electron chi connectivity index (χ3n) is 7.00. The summed E-state index contributed by atoms with van der Waals surface area (Å²) in [5.74, 6) is 2.31. The SMILES string of the molecule is c1ccc(-c2nc(-c3ccccc3)nc(-c3nc(-n4c5ccccc5c5ccccc54)nc4sccc34)n2)cc1. The van der Waals surface area contributed by atoms with Crippen LogP contribution in [0.2, 0.25) is 0 Å². The minimum absolute atomic E-state index is 0.514. The Balaban J connectivity index is 1.42. The van der Waals surface area contributed by atoms with E-state index in [1.807, 2.05) is 84.2 Å². The predicted octanol–water partition coefficient (Wildman–Crippen LogP) is 7.97. The molecule has 0 radical (unpaired) electrons. The second-order valence-electron chi connectivity index (χ2n) is 9.42. The molecule has 0 saturated carbocycles. The van der Waals surface area contributed by atoms with Crippen LogP contribution in [0.25, 0.3) is 72.3 Å². The number of rotatable bonds is 4. The van der Waals surface area contributed by atoms with Crippen LogP contribution in [0.15, 0.2) is 121 Å². The van der Waals surface area contributed by atoms with Crippen LogP contribution in [0, 0.1) is 0 Å². The maximum Gasteiger partial charge on any atom is 0.236 e. The third-order valence-corrected chi connectivity index (χ3v) is 7.81. The van der Waals surface area contributed by atoms with Crippen LogP contribution in [0.4, 0.5) is 0 Å². The smallest absolute Gasteiger partial charge is 0.236 e. The zero-order valence-corrected chi connectivity index (χ0v) is 22.0. The molecule has 40 heavy (non-hydrogen) atoms. The van der Waals surface area contributed by atoms with Gasteiger partial charge in [0, 0.05) is 27.3 Å². The fraction of sp³-hybridized carbons (Fsp3) is 0. The second-order valence-corrected chi connectivity index (χ2v) is 10.3. The molecule has 4 heterocycles. The van der Waals surface area contributed by atoms with Crippen LogP contribution < -0.4 is 0 Å². The lowest BCUT2D eigenvalue weighted by atomic mass is 10.2. The van der Waals surface area contributed by atoms with E-state index in [0.717, 1.165) is 43.1 Å². The van der Waals surface area contributed by atoms with Gasteiger partial charge >= 0.3 is 0 Å². The monoisotopic (exact) mass is 532 g/mol. The number of nitrogens with zero attached hydrogens (tertiary/aromatic N) is 6. The van der Waals surface area contributed by atoms with E-state index in [1.165, 1.54) is 0 Å². The number of fused-ring (bicyclic) bond motifs is 4. The Hall–Kier alpha value is -5.27. The first-order valence-electron chi connectivity index (χ1n) is 12.9. The highest BCUT2D eigenvalue weighted by Crippen LogP contribution is 2.34. The van der Waals surface area contributed by atoms with Crippen LogP contribution >= 0.6 is 11.3 Å². The molecule has 0 N–H and O–H groups in total. The van der Waals surface area contributed by atoms with Crippen molar-refractivity contribution in [2.75, 3.05) is 0 Å². The highest BCUT2D eigenvalue weighted by Gasteiger charge is 2.20. The molecule has 7 heteroatoms. The zero-order chi connectivity index (χ0) is 26.5. The highest BCUT2D eigenvalue weighted by atomic mass is 32.1. The Kier molecular flexibility index (Phi) is 5.21. The van der Waals surface area contributed by atoms with Gasteiger partial charge in [0.25, 0.3) is 0 Å². The van der Waals surface area contributed by atoms with E-state index in [4.69, 9.17) is 24.9 Å². The van der Waals surface area contributed by atoms with E-state index < -0.39 is 0 Å². The second kappa shape index (κ2) is 9.18. The number of aromatic nitrogens is 6. The van der Waals surface area contributed by atoms with Crippen LogP contribution in [0.1, 0.15) is 0 Å². The topological polar surface area (TPSA) is 69.4 Å². The molecule has 188 valence electrons. The maximum absolute atomic E-state index is 5.16. The molecule has 4 aromatic carbocycles. The fourth-order valence-corrected chi connectivity index (χ4v) is 5.93. The van der Waals surface area contributed by atoms with Crippen molar-refractivity contribution >= 4 is 43.4 Å². The van der Waals surface area contributed by atoms with Gasteiger partial charge in [-0.2, -0.15) is 0 Å². The Morgan fingerprint density at radius 1 is 0.450 bits per heavy atom. The minimum Gasteiger partial charge on any atom is -0.278 e. The van der Waals surface area contributed by atoms with Crippen molar-refractivity contribution in [3.63, 3.8) is 0 Å². The Bertz CT molecular complexity index is 2060. The Labute approximate surface area is 233 Å². The quantitative estimate of drug-likeness (QED) is 0.230. The number of thiophene rings is 1. The average Bonchev–Trinajstić information content (AvgIpc) is 3.64. The first kappa shape index (κ1) is 22.7. The first-order valence-corrected chi connectivity index (χ1v) is 13.8. The summed E-state index contributed by atoms with van der Waals surface area (Å²) in [4.78, 5) is 25.8. The molecule has 8 rings (SSSR count). The van der Waals surface area contributed by atoms with E-state index in [2.05, 4.69) is 41.0 Å². The van der Waals surface area contributed by atoms with E-state index in [0.29, 0.717) is 29.1 Å². The molecule has 0 saturated heterocycles. The van der Waals surface area contributed by atoms with Gasteiger partial charge in [0.2, 0.25) is 5.95 Å². The molecule has 0 unspecified atom stereocenters. The lowest BCUT2D eigenvalue weighted by molar-refractivity contribution is 0.998. The highest BCUT2D eigenvalue weighted by molar-refractivity contribution is 7.16. The predicted molar refractivity (Wildman–Crippen MR) is 161 cm³/mol. The van der Waals surface area contributed by atoms with E-state index in [1.54, 1.807) is 11.3 Å². The number of para-hydroxylation sites is 2. The van der Waals surface area contributed by atoms with Gasteiger partial charge in [-0.1, -0.05) is 97.1 Å². The van der Waals surface area contributed by atoms with Crippen molar-refractivity contribution in [1.82, 2.24) is 29.5 Å². The van der Waals surface area contributed by atoms with Gasteiger partial charge in [-0.25, -0.2) is 24.9 Å². The van der Waals surface area contributed by atoms with Gasteiger partial charge in [-0.15, -0.1) is 11.3 Å². The van der Waals surface area contributed by atoms with Crippen LogP contribution in [0.5, 0.6) is 0 Å². The molecule has 0 aliphatic carbocycles. The lowest BCUT2D eigenvalue weighted by Gasteiger charge is -2.11. The summed E-state index contributed by atoms with van der Waals surface area (Å²) in [6.07, 6.45) is 0. The first-order chi connectivity index (χ1) is 19.8. The summed E-state index contributed by atoms with van der Waals surface area (Å²) in [5, 5.41) is 5.27. The third kappa shape index (κ3) is 3.67. The molecule has 8 aromatic rings. The normalized spacial score (nSPS) is 11.5. The standard InChI is InChI=1S/C33H20N6S/c1-3-11-21(12-4-1)29-35-30(22-13-5-2-6-14-22)37-31(36-29)28-25-19-20-40-32(25)38-33(34-28)39-26-17-9-7-15-23(26)24-16-8-10-18-27(24)39/h1-20H. The summed E-state index contributed by atoms with van der Waals surface area (Å²) in [5.41, 5.74) is 4.62. The number of hydrogen-bond acceptors (Lipinski definition) is 6. The van der Waals surface area contributed by atoms with Gasteiger partial charge in [-0.05, 0) is 23.6 Å². The molecule has 6 nitrogen and oxygen atoms in total. The van der Waals surface area contributed by atoms with Gasteiger partial charge in [-0.3, -0.25) is 4.57 Å². The van der Waals surface area contributed by atoms with Crippen molar-refractivity contribution in [3.05, 3.63) is 121 Å². The molecule has 0 amide bonds. The largest absolute Gasteiger partial charge is 0.278 e. The molecular formula is C33H20N6S. The van der Waals surface area contributed by atoms with Gasteiger partial charge in [0.15, 0.2) is 17.5 Å². The summed E-state index contributed by atoms with van der Waals surface area (Å²) in [6, 6.07) is 38.8. The van der Waals surface area contributed by atoms with Crippen molar-refractivity contribution in [2.24, 2.45) is 0 Å². The summed E-state index contributed by atoms with van der Waals surface area (Å²) in [7, 11) is 0. The van der Waals surface area contributed by atoms with Crippen molar-refractivity contribution < 1.29 is 0 Å². The number of benzene rings is 4. The van der Waals surface area contributed by atoms with E-state index >= 15 is 0 Å². The molecule has 0 fully saturated rings. The van der Waals surface area contributed by atoms with Crippen molar-refractivity contribution in [2.45, 2.75) is 0 Å². The molecule has 0 aliphatic heterocycles. The Morgan fingerprint density at radius 2 is 0.975 bits per heavy atom. The summed E-state index contributed by atoms with van der Waals surface area (Å²) in [6.45, 7) is 0. The molecular weight excluding hydrogens is 512 g/mol. The molecule has 0 aliphatic rings. The fourth-order valence-electron chi connectivity index (χ4n) is 5.17. The van der Waals surface area contributed by atoms with E-state index in [-0.39, 0.29) is 0 Å². The van der Waals surface area contributed by atoms with Crippen molar-refractivity contribution in [3.8, 4) is 40.2 Å². The molecule has 0 bridgehead atoms. The van der Waals surface area contributed by atoms with E-state index in [9.17, 15) is 0 Å². The summed E-state index contributed by atoms with van der Waals surface area (Å²) >= 11 is 1.58. The lowest BCUT2D eigenvalue weighted by Crippen LogP contribution is -2.05. The van der Waals surface area contributed by atoms with Gasteiger partial charge < -0.3 is 0 Å². The maximum atomic E-state index is 5.16. The average molecular weight is 533 g/mol. The minimum atomic E-state index is 0.514. The molecule has 0 spiro atoms. The van der Waals surface area contributed by atoms with Crippen LogP contribution in [-0.2, 0) is 0 Å². The zero-order valence-electron chi connectivity index (χ0n) is 21.1. The van der Waals surface area contributed by atoms with Crippen molar-refractivity contribution in [1.29, 1.82) is 0 Å². The van der Waals surface area contributed by atoms with Gasteiger partial charge in [0.05, 0.1) is 11.0 Å².